The van der Waals surface area contributed by atoms with Gasteiger partial charge in [0.1, 0.15) is 17.9 Å². The first-order chi connectivity index (χ1) is 23.3. The maximum Gasteiger partial charge on any atom is 0.280 e. The van der Waals surface area contributed by atoms with Gasteiger partial charge in [0.15, 0.2) is 11.6 Å². The Bertz CT molecular complexity index is 1560. The van der Waals surface area contributed by atoms with Crippen LogP contribution in [0.1, 0.15) is 83.5 Å². The molecule has 0 aliphatic carbocycles. The lowest BCUT2D eigenvalue weighted by molar-refractivity contribution is -0.0301. The Morgan fingerprint density at radius 2 is 1.84 bits per heavy atom. The second-order valence-electron chi connectivity index (χ2n) is 15.0. The number of aromatic nitrogens is 2. The van der Waals surface area contributed by atoms with E-state index in [2.05, 4.69) is 24.5 Å². The molecule has 2 aromatic rings. The van der Waals surface area contributed by atoms with Crippen LogP contribution < -0.4 is 14.4 Å². The number of nitrogens with zero attached hydrogens (tertiary/aromatic N) is 6. The van der Waals surface area contributed by atoms with Crippen LogP contribution in [0.4, 0.5) is 10.2 Å². The highest BCUT2D eigenvalue weighted by Gasteiger charge is 2.46. The van der Waals surface area contributed by atoms with Crippen LogP contribution in [0.25, 0.3) is 0 Å². The number of rotatable bonds is 11. The standard InChI is InChI=1S/C35H52FN7O5S/c1-24(2)43(25(3)4)34(44)30-17-27(36)8-11-31(30)48-32-18-37-23-38-33(32)41-21-35(22-41)12-15-40(16-13-35)19-29-10-9-28(20-47-29)39-49(45,46)42-14-6-7-26(42)5/h8,11,17-18,23-26,28-29,39H,6-7,9-10,12-16,19-22H2,1-5H3/t26-,28-,29+/m1/s1. The van der Waals surface area contributed by atoms with Crippen molar-refractivity contribution in [2.45, 2.75) is 103 Å². The van der Waals surface area contributed by atoms with Gasteiger partial charge in [0.2, 0.25) is 0 Å². The minimum absolute atomic E-state index is 0.0496. The van der Waals surface area contributed by atoms with Crippen LogP contribution in [0.15, 0.2) is 30.7 Å². The summed E-state index contributed by atoms with van der Waals surface area (Å²) in [5, 5.41) is 0. The number of carbonyl (C=O) groups is 1. The third-order valence-electron chi connectivity index (χ3n) is 10.6. The van der Waals surface area contributed by atoms with Crippen molar-refractivity contribution in [2.75, 3.05) is 50.8 Å². The van der Waals surface area contributed by atoms with E-state index in [0.29, 0.717) is 24.7 Å². The molecule has 270 valence electrons. The summed E-state index contributed by atoms with van der Waals surface area (Å²) in [4.78, 5) is 28.7. The van der Waals surface area contributed by atoms with Gasteiger partial charge in [-0.2, -0.15) is 17.4 Å². The minimum atomic E-state index is -3.48. The third kappa shape index (κ3) is 8.03. The maximum absolute atomic E-state index is 14.4. The smallest absolute Gasteiger partial charge is 0.280 e. The van der Waals surface area contributed by atoms with Crippen LogP contribution in [0.3, 0.4) is 0 Å². The Balaban J connectivity index is 1.00. The number of nitrogens with one attached hydrogen (secondary N) is 1. The van der Waals surface area contributed by atoms with Gasteiger partial charge in [-0.3, -0.25) is 4.79 Å². The monoisotopic (exact) mass is 701 g/mol. The Morgan fingerprint density at radius 3 is 2.47 bits per heavy atom. The molecule has 0 radical (unpaired) electrons. The number of ether oxygens (including phenoxy) is 2. The van der Waals surface area contributed by atoms with Gasteiger partial charge in [-0.05, 0) is 104 Å². The first-order valence-electron chi connectivity index (χ1n) is 17.8. The van der Waals surface area contributed by atoms with E-state index in [1.807, 2.05) is 34.6 Å². The summed E-state index contributed by atoms with van der Waals surface area (Å²) >= 11 is 0. The minimum Gasteiger partial charge on any atom is -0.451 e. The molecule has 6 rings (SSSR count). The first-order valence-corrected chi connectivity index (χ1v) is 19.3. The normalized spacial score (nSPS) is 24.8. The van der Waals surface area contributed by atoms with Gasteiger partial charge in [0.05, 0.1) is 24.5 Å². The van der Waals surface area contributed by atoms with Crippen molar-refractivity contribution in [3.05, 3.63) is 42.1 Å². The molecule has 4 fully saturated rings. The van der Waals surface area contributed by atoms with Crippen LogP contribution >= 0.6 is 0 Å². The van der Waals surface area contributed by atoms with E-state index < -0.39 is 16.0 Å². The first kappa shape index (κ1) is 35.9. The number of halogens is 1. The molecule has 3 atom stereocenters. The molecule has 4 aliphatic heterocycles. The van der Waals surface area contributed by atoms with Crippen LogP contribution in [-0.2, 0) is 14.9 Å². The largest absolute Gasteiger partial charge is 0.451 e. The number of hydrogen-bond acceptors (Lipinski definition) is 9. The summed E-state index contributed by atoms with van der Waals surface area (Å²) in [6.45, 7) is 15.2. The number of anilines is 1. The number of piperidine rings is 1. The van der Waals surface area contributed by atoms with Gasteiger partial charge in [-0.25, -0.2) is 14.4 Å². The molecule has 0 saturated carbocycles. The summed E-state index contributed by atoms with van der Waals surface area (Å²) in [5.41, 5.74) is 0.356. The predicted octanol–water partition coefficient (Wildman–Crippen LogP) is 4.44. The number of likely N-dealkylation sites (tertiary alicyclic amines) is 1. The van der Waals surface area contributed by atoms with E-state index in [4.69, 9.17) is 9.47 Å². The fraction of sp³-hybridized carbons (Fsp3) is 0.686. The molecule has 1 amide bonds. The molecule has 1 aromatic carbocycles. The van der Waals surface area contributed by atoms with Crippen LogP contribution in [0, 0.1) is 11.2 Å². The average Bonchev–Trinajstić information content (AvgIpc) is 3.49. The lowest BCUT2D eigenvalue weighted by Crippen LogP contribution is -2.61. The summed E-state index contributed by atoms with van der Waals surface area (Å²) in [6, 6.07) is 3.76. The van der Waals surface area contributed by atoms with Gasteiger partial charge >= 0.3 is 0 Å². The third-order valence-corrected chi connectivity index (χ3v) is 12.4. The highest BCUT2D eigenvalue weighted by Crippen LogP contribution is 2.45. The second-order valence-corrected chi connectivity index (χ2v) is 16.6. The van der Waals surface area contributed by atoms with Gasteiger partial charge in [-0.15, -0.1) is 0 Å². The van der Waals surface area contributed by atoms with Crippen LogP contribution in [0.2, 0.25) is 0 Å². The van der Waals surface area contributed by atoms with Crippen molar-refractivity contribution in [3.63, 3.8) is 0 Å². The zero-order valence-electron chi connectivity index (χ0n) is 29.5. The molecule has 1 N–H and O–H groups in total. The fourth-order valence-electron chi connectivity index (χ4n) is 8.01. The number of amides is 1. The van der Waals surface area contributed by atoms with E-state index in [0.717, 1.165) is 71.2 Å². The van der Waals surface area contributed by atoms with Crippen molar-refractivity contribution >= 4 is 21.9 Å². The lowest BCUT2D eigenvalue weighted by Gasteiger charge is -2.54. The molecular weight excluding hydrogens is 649 g/mol. The Morgan fingerprint density at radius 1 is 1.10 bits per heavy atom. The molecule has 49 heavy (non-hydrogen) atoms. The molecule has 14 heteroatoms. The Kier molecular flexibility index (Phi) is 10.8. The van der Waals surface area contributed by atoms with Crippen molar-refractivity contribution < 1.29 is 27.1 Å². The molecule has 0 unspecified atom stereocenters. The number of carbonyl (C=O) groups excluding carboxylic acids is 1. The lowest BCUT2D eigenvalue weighted by atomic mass is 9.72. The summed E-state index contributed by atoms with van der Waals surface area (Å²) < 4.78 is 57.0. The van der Waals surface area contributed by atoms with Crippen molar-refractivity contribution in [1.29, 1.82) is 0 Å². The fourth-order valence-corrected chi connectivity index (χ4v) is 9.70. The predicted molar refractivity (Wildman–Crippen MR) is 185 cm³/mol. The maximum atomic E-state index is 14.4. The van der Waals surface area contributed by atoms with Crippen molar-refractivity contribution in [1.82, 2.24) is 28.8 Å². The van der Waals surface area contributed by atoms with E-state index in [1.165, 1.54) is 24.5 Å². The van der Waals surface area contributed by atoms with Gasteiger partial charge in [-0.1, -0.05) is 0 Å². The molecule has 1 spiro atoms. The molecule has 12 nitrogen and oxygen atoms in total. The van der Waals surface area contributed by atoms with Crippen LogP contribution in [-0.4, -0.2) is 115 Å². The van der Waals surface area contributed by atoms with Gasteiger partial charge < -0.3 is 24.2 Å². The molecular formula is C35H52FN7O5S. The highest BCUT2D eigenvalue weighted by molar-refractivity contribution is 7.87. The van der Waals surface area contributed by atoms with Crippen LogP contribution in [0.5, 0.6) is 11.5 Å². The zero-order valence-corrected chi connectivity index (χ0v) is 30.3. The zero-order chi connectivity index (χ0) is 34.9. The van der Waals surface area contributed by atoms with E-state index in [1.54, 1.807) is 15.4 Å². The van der Waals surface area contributed by atoms with E-state index in [-0.39, 0.29) is 52.9 Å². The summed E-state index contributed by atoms with van der Waals surface area (Å²) in [7, 11) is -3.48. The van der Waals surface area contributed by atoms with E-state index in [9.17, 15) is 17.6 Å². The summed E-state index contributed by atoms with van der Waals surface area (Å²) in [5.74, 6) is 0.574. The molecule has 0 bridgehead atoms. The highest BCUT2D eigenvalue weighted by atomic mass is 32.2. The second kappa shape index (κ2) is 14.7. The van der Waals surface area contributed by atoms with Gasteiger partial charge in [0, 0.05) is 55.8 Å². The quantitative estimate of drug-likeness (QED) is 0.363. The van der Waals surface area contributed by atoms with Crippen molar-refractivity contribution in [2.24, 2.45) is 5.41 Å². The van der Waals surface area contributed by atoms with E-state index >= 15 is 0 Å². The molecule has 5 heterocycles. The summed E-state index contributed by atoms with van der Waals surface area (Å²) in [6.07, 6.45) is 8.76. The Hall–Kier alpha value is -2.91. The average molecular weight is 702 g/mol. The molecule has 4 aliphatic rings. The number of benzene rings is 1. The topological polar surface area (TPSA) is 120 Å². The molecule has 4 saturated heterocycles. The Labute approximate surface area is 290 Å². The molecule has 1 aromatic heterocycles. The SMILES string of the molecule is CC(C)N(C(=O)c1cc(F)ccc1Oc1cncnc1N1CC2(CCN(C[C@@H]3CC[C@@H](NS(=O)(=O)N4CCC[C@H]4C)CO3)CC2)C1)C(C)C. The van der Waals surface area contributed by atoms with Crippen molar-refractivity contribution in [3.8, 4) is 11.5 Å². The van der Waals surface area contributed by atoms with Gasteiger partial charge in [0.25, 0.3) is 16.1 Å². The number of hydrogen-bond donors (Lipinski definition) is 1.